The minimum atomic E-state index is -0.0424. The Kier molecular flexibility index (Phi) is 6.24. The Balaban J connectivity index is 2.44. The molecular weight excluding hydrogens is 308 g/mol. The van der Waals surface area contributed by atoms with Gasteiger partial charge in [0.25, 0.3) is 0 Å². The Morgan fingerprint density at radius 2 is 1.76 bits per heavy atom. The summed E-state index contributed by atoms with van der Waals surface area (Å²) in [6, 6.07) is 3.78. The monoisotopic (exact) mass is 344 g/mol. The first-order chi connectivity index (χ1) is 11.7. The Bertz CT molecular complexity index is 602. The molecule has 1 aromatic rings. The van der Waals surface area contributed by atoms with E-state index < -0.39 is 0 Å². The molecule has 0 radical (unpaired) electrons. The zero-order valence-electron chi connectivity index (χ0n) is 16.9. The van der Waals surface area contributed by atoms with Gasteiger partial charge in [-0.3, -0.25) is 0 Å². The van der Waals surface area contributed by atoms with Gasteiger partial charge in [-0.05, 0) is 61.1 Å². The summed E-state index contributed by atoms with van der Waals surface area (Å²) in [6.07, 6.45) is 7.85. The van der Waals surface area contributed by atoms with Crippen LogP contribution in [-0.2, 0) is 5.41 Å². The summed E-state index contributed by atoms with van der Waals surface area (Å²) >= 11 is 0. The molecule has 2 rings (SSSR count). The van der Waals surface area contributed by atoms with Crippen molar-refractivity contribution in [3.05, 3.63) is 34.9 Å². The molecule has 0 fully saturated rings. The van der Waals surface area contributed by atoms with Crippen LogP contribution in [-0.4, -0.2) is 10.2 Å². The second-order valence-electron chi connectivity index (χ2n) is 8.90. The standard InChI is InChI=1S/C23H36O2/c1-7-8-11-23(5,6)17-13-20(24)22(21(25)14-17)19-12-16(4)9-10-18(19)15(2)3/h12-15,18-19,24-25H,7-11H2,1-6H3. The number of rotatable bonds is 6. The van der Waals surface area contributed by atoms with Gasteiger partial charge in [0.15, 0.2) is 0 Å². The van der Waals surface area contributed by atoms with Crippen LogP contribution < -0.4 is 0 Å². The van der Waals surface area contributed by atoms with E-state index in [0.29, 0.717) is 17.4 Å². The molecule has 1 aliphatic carbocycles. The van der Waals surface area contributed by atoms with Crippen molar-refractivity contribution in [1.29, 1.82) is 0 Å². The number of benzene rings is 1. The molecule has 2 N–H and O–H groups in total. The van der Waals surface area contributed by atoms with Crippen molar-refractivity contribution in [2.75, 3.05) is 0 Å². The number of phenolic OH excluding ortho intramolecular Hbond substituents is 2. The molecule has 2 heteroatoms. The van der Waals surface area contributed by atoms with Crippen molar-refractivity contribution in [3.63, 3.8) is 0 Å². The maximum Gasteiger partial charge on any atom is 0.123 e. The van der Waals surface area contributed by atoms with E-state index >= 15 is 0 Å². The van der Waals surface area contributed by atoms with Crippen LogP contribution in [0.5, 0.6) is 11.5 Å². The zero-order chi connectivity index (χ0) is 18.8. The lowest BCUT2D eigenvalue weighted by molar-refractivity contribution is 0.303. The first-order valence-corrected chi connectivity index (χ1v) is 9.91. The van der Waals surface area contributed by atoms with Gasteiger partial charge in [-0.25, -0.2) is 0 Å². The highest BCUT2D eigenvalue weighted by Crippen LogP contribution is 2.48. The minimum Gasteiger partial charge on any atom is -0.507 e. The van der Waals surface area contributed by atoms with Gasteiger partial charge in [0.2, 0.25) is 0 Å². The molecule has 0 saturated heterocycles. The molecule has 0 heterocycles. The van der Waals surface area contributed by atoms with Gasteiger partial charge in [-0.15, -0.1) is 0 Å². The van der Waals surface area contributed by atoms with E-state index in [2.05, 4.69) is 47.6 Å². The molecule has 1 aliphatic rings. The Hall–Kier alpha value is -1.44. The van der Waals surface area contributed by atoms with E-state index in [-0.39, 0.29) is 22.8 Å². The normalized spacial score (nSPS) is 21.5. The predicted molar refractivity (Wildman–Crippen MR) is 106 cm³/mol. The summed E-state index contributed by atoms with van der Waals surface area (Å²) in [5, 5.41) is 21.6. The third kappa shape index (κ3) is 4.40. The van der Waals surface area contributed by atoms with E-state index in [1.54, 1.807) is 0 Å². The topological polar surface area (TPSA) is 40.5 Å². The van der Waals surface area contributed by atoms with Crippen molar-refractivity contribution < 1.29 is 10.2 Å². The number of allylic oxidation sites excluding steroid dienone is 2. The number of phenols is 2. The lowest BCUT2D eigenvalue weighted by Crippen LogP contribution is -2.22. The maximum atomic E-state index is 10.8. The van der Waals surface area contributed by atoms with Gasteiger partial charge in [0, 0.05) is 11.5 Å². The lowest BCUT2D eigenvalue weighted by atomic mass is 9.71. The van der Waals surface area contributed by atoms with Crippen LogP contribution in [0.2, 0.25) is 0 Å². The van der Waals surface area contributed by atoms with Crippen LogP contribution in [0.4, 0.5) is 0 Å². The number of hydrogen-bond acceptors (Lipinski definition) is 2. The van der Waals surface area contributed by atoms with Gasteiger partial charge in [-0.2, -0.15) is 0 Å². The molecule has 0 saturated carbocycles. The van der Waals surface area contributed by atoms with Crippen molar-refractivity contribution in [2.45, 2.75) is 85.0 Å². The summed E-state index contributed by atoms with van der Waals surface area (Å²) in [5.41, 5.74) is 3.05. The van der Waals surface area contributed by atoms with Gasteiger partial charge >= 0.3 is 0 Å². The molecule has 2 nitrogen and oxygen atoms in total. The number of aromatic hydroxyl groups is 2. The summed E-state index contributed by atoms with van der Waals surface area (Å²) in [5.74, 6) is 1.58. The predicted octanol–water partition coefficient (Wildman–Crippen LogP) is 6.66. The van der Waals surface area contributed by atoms with E-state index in [1.807, 2.05) is 12.1 Å². The first kappa shape index (κ1) is 19.9. The summed E-state index contributed by atoms with van der Waals surface area (Å²) in [7, 11) is 0. The van der Waals surface area contributed by atoms with Crippen LogP contribution in [0.1, 0.15) is 90.7 Å². The number of unbranched alkanes of at least 4 members (excludes halogenated alkanes) is 1. The molecule has 1 aromatic carbocycles. The smallest absolute Gasteiger partial charge is 0.123 e. The molecule has 2 unspecified atom stereocenters. The summed E-state index contributed by atoms with van der Waals surface area (Å²) in [6.45, 7) is 13.2. The molecule has 0 bridgehead atoms. The van der Waals surface area contributed by atoms with Crippen LogP contribution in [0, 0.1) is 11.8 Å². The Morgan fingerprint density at radius 1 is 1.16 bits per heavy atom. The average molecular weight is 345 g/mol. The average Bonchev–Trinajstić information content (AvgIpc) is 2.52. The minimum absolute atomic E-state index is 0.0424. The Morgan fingerprint density at radius 3 is 2.28 bits per heavy atom. The molecule has 2 atom stereocenters. The van der Waals surface area contributed by atoms with Crippen LogP contribution in [0.15, 0.2) is 23.8 Å². The van der Waals surface area contributed by atoms with E-state index in [4.69, 9.17) is 0 Å². The SMILES string of the molecule is CCCCC(C)(C)c1cc(O)c(C2C=C(C)CCC2C(C)C)c(O)c1. The van der Waals surface area contributed by atoms with E-state index in [9.17, 15) is 10.2 Å². The maximum absolute atomic E-state index is 10.8. The fraction of sp³-hybridized carbons (Fsp3) is 0.652. The second kappa shape index (κ2) is 7.85. The molecule has 25 heavy (non-hydrogen) atoms. The molecule has 0 spiro atoms. The fourth-order valence-corrected chi connectivity index (χ4v) is 4.25. The van der Waals surface area contributed by atoms with Gasteiger partial charge in [0.05, 0.1) is 0 Å². The van der Waals surface area contributed by atoms with Crippen LogP contribution in [0.25, 0.3) is 0 Å². The molecule has 0 amide bonds. The largest absolute Gasteiger partial charge is 0.507 e. The summed E-state index contributed by atoms with van der Waals surface area (Å²) in [4.78, 5) is 0. The van der Waals surface area contributed by atoms with Crippen LogP contribution in [0.3, 0.4) is 0 Å². The highest BCUT2D eigenvalue weighted by Gasteiger charge is 2.32. The molecular formula is C23H36O2. The van der Waals surface area contributed by atoms with E-state index in [1.165, 1.54) is 5.57 Å². The van der Waals surface area contributed by atoms with Gasteiger partial charge in [0.1, 0.15) is 11.5 Å². The van der Waals surface area contributed by atoms with Crippen LogP contribution >= 0.6 is 0 Å². The lowest BCUT2D eigenvalue weighted by Gasteiger charge is -2.34. The van der Waals surface area contributed by atoms with E-state index in [0.717, 1.165) is 37.7 Å². The zero-order valence-corrected chi connectivity index (χ0v) is 16.9. The highest BCUT2D eigenvalue weighted by atomic mass is 16.3. The van der Waals surface area contributed by atoms with Crippen molar-refractivity contribution in [3.8, 4) is 11.5 Å². The van der Waals surface area contributed by atoms with Crippen molar-refractivity contribution in [1.82, 2.24) is 0 Å². The quantitative estimate of drug-likeness (QED) is 0.566. The van der Waals surface area contributed by atoms with Gasteiger partial charge < -0.3 is 10.2 Å². The third-order valence-electron chi connectivity index (χ3n) is 6.06. The first-order valence-electron chi connectivity index (χ1n) is 9.91. The molecule has 0 aromatic heterocycles. The second-order valence-corrected chi connectivity index (χ2v) is 8.90. The summed E-state index contributed by atoms with van der Waals surface area (Å²) < 4.78 is 0. The van der Waals surface area contributed by atoms with Gasteiger partial charge in [-0.1, -0.05) is 59.1 Å². The molecule has 0 aliphatic heterocycles. The van der Waals surface area contributed by atoms with Crippen molar-refractivity contribution in [2.24, 2.45) is 11.8 Å². The number of hydrogen-bond donors (Lipinski definition) is 2. The Labute approximate surface area is 154 Å². The van der Waals surface area contributed by atoms with Crippen molar-refractivity contribution >= 4 is 0 Å². The fourth-order valence-electron chi connectivity index (χ4n) is 4.25. The molecule has 140 valence electrons. The highest BCUT2D eigenvalue weighted by molar-refractivity contribution is 5.52. The third-order valence-corrected chi connectivity index (χ3v) is 6.06.